The molecular formula is C16H13N. The van der Waals surface area contributed by atoms with Gasteiger partial charge in [-0.3, -0.25) is 4.98 Å². The Hall–Kier alpha value is -1.89. The van der Waals surface area contributed by atoms with E-state index in [1.54, 1.807) is 0 Å². The zero-order valence-electron chi connectivity index (χ0n) is 9.51. The van der Waals surface area contributed by atoms with E-state index in [4.69, 9.17) is 0 Å². The average Bonchev–Trinajstić information content (AvgIpc) is 3.19. The van der Waals surface area contributed by atoms with Crippen LogP contribution in [0.25, 0.3) is 17.2 Å². The molecule has 2 aliphatic carbocycles. The van der Waals surface area contributed by atoms with E-state index < -0.39 is 0 Å². The molecule has 1 heterocycles. The second-order valence-corrected chi connectivity index (χ2v) is 4.89. The molecule has 1 fully saturated rings. The number of benzene rings is 1. The first-order chi connectivity index (χ1) is 8.43. The summed E-state index contributed by atoms with van der Waals surface area (Å²) in [6.45, 7) is 0. The molecule has 17 heavy (non-hydrogen) atoms. The molecule has 0 bridgehead atoms. The number of hydrogen-bond acceptors (Lipinski definition) is 1. The first kappa shape index (κ1) is 9.17. The van der Waals surface area contributed by atoms with Crippen LogP contribution in [-0.2, 0) is 0 Å². The van der Waals surface area contributed by atoms with Gasteiger partial charge in [-0.05, 0) is 29.5 Å². The molecule has 0 radical (unpaired) electrons. The maximum absolute atomic E-state index is 4.58. The maximum atomic E-state index is 4.58. The molecule has 2 aromatic rings. The fourth-order valence-electron chi connectivity index (χ4n) is 2.79. The minimum atomic E-state index is 0.693. The fraction of sp³-hybridized carbons (Fsp3) is 0.188. The van der Waals surface area contributed by atoms with Crippen molar-refractivity contribution in [1.82, 2.24) is 4.98 Å². The van der Waals surface area contributed by atoms with E-state index in [1.807, 2.05) is 6.20 Å². The van der Waals surface area contributed by atoms with Gasteiger partial charge in [-0.2, -0.15) is 0 Å². The Labute approximate surface area is 101 Å². The zero-order chi connectivity index (χ0) is 11.2. The Balaban J connectivity index is 1.94. The molecule has 1 nitrogen and oxygen atoms in total. The van der Waals surface area contributed by atoms with Crippen LogP contribution >= 0.6 is 0 Å². The van der Waals surface area contributed by atoms with Crippen LogP contribution in [0, 0.1) is 5.92 Å². The van der Waals surface area contributed by atoms with Crippen molar-refractivity contribution in [1.29, 1.82) is 0 Å². The molecule has 2 unspecified atom stereocenters. The van der Waals surface area contributed by atoms with E-state index in [0.717, 1.165) is 5.92 Å². The molecule has 0 spiro atoms. The van der Waals surface area contributed by atoms with Gasteiger partial charge in [0.25, 0.3) is 0 Å². The summed E-state index contributed by atoms with van der Waals surface area (Å²) in [5.41, 5.74) is 5.24. The van der Waals surface area contributed by atoms with Crippen molar-refractivity contribution in [2.75, 3.05) is 0 Å². The summed E-state index contributed by atoms with van der Waals surface area (Å²) in [4.78, 5) is 4.58. The van der Waals surface area contributed by atoms with Crippen molar-refractivity contribution in [3.05, 3.63) is 59.9 Å². The summed E-state index contributed by atoms with van der Waals surface area (Å²) in [5, 5.41) is 0. The van der Waals surface area contributed by atoms with E-state index in [2.05, 4.69) is 53.5 Å². The highest BCUT2D eigenvalue weighted by atomic mass is 14.7. The number of nitrogens with zero attached hydrogens (tertiary/aromatic N) is 1. The van der Waals surface area contributed by atoms with Gasteiger partial charge in [0.15, 0.2) is 0 Å². The fourth-order valence-corrected chi connectivity index (χ4v) is 2.79. The van der Waals surface area contributed by atoms with Gasteiger partial charge in [0.05, 0.1) is 5.69 Å². The van der Waals surface area contributed by atoms with E-state index in [0.29, 0.717) is 5.92 Å². The lowest BCUT2D eigenvalue weighted by atomic mass is 9.94. The predicted octanol–water partition coefficient (Wildman–Crippen LogP) is 3.88. The van der Waals surface area contributed by atoms with E-state index in [1.165, 1.54) is 28.8 Å². The highest BCUT2D eigenvalue weighted by molar-refractivity contribution is 5.78. The lowest BCUT2D eigenvalue weighted by molar-refractivity contribution is 0.938. The van der Waals surface area contributed by atoms with Gasteiger partial charge >= 0.3 is 0 Å². The summed E-state index contributed by atoms with van der Waals surface area (Å²) in [6, 6.07) is 12.7. The summed E-state index contributed by atoms with van der Waals surface area (Å²) in [7, 11) is 0. The van der Waals surface area contributed by atoms with Crippen molar-refractivity contribution in [3.63, 3.8) is 0 Å². The molecular weight excluding hydrogens is 206 g/mol. The number of hydrogen-bond donors (Lipinski definition) is 0. The Morgan fingerprint density at radius 1 is 1.06 bits per heavy atom. The number of allylic oxidation sites excluding steroid dienone is 1. The van der Waals surface area contributed by atoms with Gasteiger partial charge in [0.2, 0.25) is 0 Å². The molecule has 0 aliphatic heterocycles. The smallest absolute Gasteiger partial charge is 0.0518 e. The Morgan fingerprint density at radius 2 is 1.94 bits per heavy atom. The topological polar surface area (TPSA) is 12.9 Å². The zero-order valence-corrected chi connectivity index (χ0v) is 9.51. The third kappa shape index (κ3) is 1.35. The summed E-state index contributed by atoms with van der Waals surface area (Å²) in [5.74, 6) is 1.46. The first-order valence-electron chi connectivity index (χ1n) is 6.16. The van der Waals surface area contributed by atoms with Gasteiger partial charge in [-0.1, -0.05) is 42.5 Å². The van der Waals surface area contributed by atoms with Gasteiger partial charge in [-0.25, -0.2) is 0 Å². The molecule has 4 rings (SSSR count). The number of aromatic nitrogens is 1. The van der Waals surface area contributed by atoms with Crippen LogP contribution in [0.1, 0.15) is 23.6 Å². The van der Waals surface area contributed by atoms with Gasteiger partial charge in [0, 0.05) is 17.7 Å². The van der Waals surface area contributed by atoms with Gasteiger partial charge in [0.1, 0.15) is 0 Å². The van der Waals surface area contributed by atoms with Crippen LogP contribution in [0.5, 0.6) is 0 Å². The first-order valence-corrected chi connectivity index (χ1v) is 6.16. The molecule has 1 saturated carbocycles. The minimum absolute atomic E-state index is 0.693. The molecule has 0 N–H and O–H groups in total. The van der Waals surface area contributed by atoms with E-state index >= 15 is 0 Å². The van der Waals surface area contributed by atoms with Crippen LogP contribution in [0.3, 0.4) is 0 Å². The van der Waals surface area contributed by atoms with Gasteiger partial charge < -0.3 is 0 Å². The predicted molar refractivity (Wildman–Crippen MR) is 69.6 cm³/mol. The Morgan fingerprint density at radius 3 is 2.82 bits per heavy atom. The molecule has 1 aromatic heterocycles. The van der Waals surface area contributed by atoms with Crippen molar-refractivity contribution in [3.8, 4) is 11.1 Å². The molecule has 0 saturated heterocycles. The maximum Gasteiger partial charge on any atom is 0.0518 e. The average molecular weight is 219 g/mol. The number of pyridine rings is 1. The van der Waals surface area contributed by atoms with Crippen LogP contribution < -0.4 is 0 Å². The molecule has 1 heteroatoms. The summed E-state index contributed by atoms with van der Waals surface area (Å²) < 4.78 is 0. The summed E-state index contributed by atoms with van der Waals surface area (Å²) in [6.07, 6.45) is 7.85. The quantitative estimate of drug-likeness (QED) is 0.709. The van der Waals surface area contributed by atoms with E-state index in [9.17, 15) is 0 Å². The van der Waals surface area contributed by atoms with Crippen molar-refractivity contribution in [2.24, 2.45) is 5.92 Å². The number of rotatable bonds is 1. The monoisotopic (exact) mass is 219 g/mol. The molecule has 1 aromatic carbocycles. The third-order valence-corrected chi connectivity index (χ3v) is 3.81. The van der Waals surface area contributed by atoms with E-state index in [-0.39, 0.29) is 0 Å². The van der Waals surface area contributed by atoms with Crippen molar-refractivity contribution in [2.45, 2.75) is 12.3 Å². The molecule has 2 atom stereocenters. The lowest BCUT2D eigenvalue weighted by Crippen LogP contribution is -1.98. The Bertz CT molecular complexity index is 598. The third-order valence-electron chi connectivity index (χ3n) is 3.81. The molecule has 0 amide bonds. The SMILES string of the molecule is C1=CC2CC2c2nccc(-c3ccccc3)c21. The highest BCUT2D eigenvalue weighted by Crippen LogP contribution is 2.52. The lowest BCUT2D eigenvalue weighted by Gasteiger charge is -2.13. The van der Waals surface area contributed by atoms with Crippen LogP contribution in [-0.4, -0.2) is 4.98 Å². The minimum Gasteiger partial charge on any atom is -0.260 e. The largest absolute Gasteiger partial charge is 0.260 e. The normalized spacial score (nSPS) is 24.0. The van der Waals surface area contributed by atoms with Crippen LogP contribution in [0.2, 0.25) is 0 Å². The van der Waals surface area contributed by atoms with Crippen LogP contribution in [0.15, 0.2) is 48.7 Å². The second kappa shape index (κ2) is 3.30. The standard InChI is InChI=1S/C16H13N/c1-2-4-11(5-3-1)13-8-9-17-16-14(13)7-6-12-10-15(12)16/h1-9,12,15H,10H2. The van der Waals surface area contributed by atoms with Crippen molar-refractivity contribution >= 4 is 6.08 Å². The molecule has 2 aliphatic rings. The summed E-state index contributed by atoms with van der Waals surface area (Å²) >= 11 is 0. The number of fused-ring (bicyclic) bond motifs is 3. The van der Waals surface area contributed by atoms with Crippen molar-refractivity contribution < 1.29 is 0 Å². The Kier molecular flexibility index (Phi) is 1.78. The molecule has 82 valence electrons. The van der Waals surface area contributed by atoms with Gasteiger partial charge in [-0.15, -0.1) is 0 Å². The van der Waals surface area contributed by atoms with Crippen LogP contribution in [0.4, 0.5) is 0 Å². The highest BCUT2D eigenvalue weighted by Gasteiger charge is 2.41. The second-order valence-electron chi connectivity index (χ2n) is 4.89.